The number of aryl methyl sites for hydroxylation is 1. The third-order valence-corrected chi connectivity index (χ3v) is 2.90. The van der Waals surface area contributed by atoms with Gasteiger partial charge in [0.25, 0.3) is 0 Å². The van der Waals surface area contributed by atoms with Crippen molar-refractivity contribution in [3.63, 3.8) is 0 Å². The van der Waals surface area contributed by atoms with Gasteiger partial charge in [-0.1, -0.05) is 23.7 Å². The Morgan fingerprint density at radius 1 is 1.21 bits per heavy atom. The number of hydrogen-bond acceptors (Lipinski definition) is 2. The fourth-order valence-corrected chi connectivity index (χ4v) is 1.79. The van der Waals surface area contributed by atoms with E-state index in [0.29, 0.717) is 10.7 Å². The molecule has 0 spiro atoms. The van der Waals surface area contributed by atoms with E-state index in [4.69, 9.17) is 11.6 Å². The second-order valence-electron chi connectivity index (χ2n) is 4.22. The van der Waals surface area contributed by atoms with Gasteiger partial charge in [0.15, 0.2) is 0 Å². The Labute approximate surface area is 115 Å². The highest BCUT2D eigenvalue weighted by molar-refractivity contribution is 6.30. The topological polar surface area (TPSA) is 51.1 Å². The number of amides is 1. The van der Waals surface area contributed by atoms with Gasteiger partial charge in [0.2, 0.25) is 11.5 Å². The first-order valence-corrected chi connectivity index (χ1v) is 6.13. The molecule has 2 aromatic rings. The van der Waals surface area contributed by atoms with Crippen molar-refractivity contribution in [2.45, 2.75) is 6.42 Å². The molecule has 1 heterocycles. The minimum absolute atomic E-state index is 0.115. The normalized spacial score (nSPS) is 10.2. The predicted octanol–water partition coefficient (Wildman–Crippen LogP) is 2.22. The molecule has 1 aromatic heterocycles. The van der Waals surface area contributed by atoms with Crippen LogP contribution in [-0.2, 0) is 18.3 Å². The number of hydrogen-bond donors (Lipinski definition) is 1. The number of benzene rings is 1. The van der Waals surface area contributed by atoms with E-state index >= 15 is 0 Å². The Hall–Kier alpha value is -2.07. The van der Waals surface area contributed by atoms with Crippen LogP contribution < -0.4 is 10.9 Å². The number of nitrogens with one attached hydrogen (secondary N) is 1. The maximum Gasteiger partial charge on any atom is 0.250 e. The molecule has 4 nitrogen and oxygen atoms in total. The molecule has 0 radical (unpaired) electrons. The van der Waals surface area contributed by atoms with Gasteiger partial charge in [-0.05, 0) is 23.8 Å². The number of rotatable bonds is 3. The van der Waals surface area contributed by atoms with E-state index < -0.39 is 0 Å². The lowest BCUT2D eigenvalue weighted by atomic mass is 10.1. The molecule has 2 rings (SSSR count). The molecule has 1 aromatic carbocycles. The zero-order chi connectivity index (χ0) is 13.8. The van der Waals surface area contributed by atoms with Gasteiger partial charge in [0.05, 0.1) is 12.1 Å². The number of pyridine rings is 1. The van der Waals surface area contributed by atoms with Crippen LogP contribution in [0.5, 0.6) is 0 Å². The van der Waals surface area contributed by atoms with Gasteiger partial charge in [-0.2, -0.15) is 0 Å². The Bertz CT molecular complexity index is 647. The zero-order valence-corrected chi connectivity index (χ0v) is 11.1. The molecule has 0 aliphatic heterocycles. The average molecular weight is 277 g/mol. The summed E-state index contributed by atoms with van der Waals surface area (Å²) in [5.74, 6) is -0.138. The smallest absolute Gasteiger partial charge is 0.250 e. The number of carbonyl (C=O) groups is 1. The quantitative estimate of drug-likeness (QED) is 0.934. The predicted molar refractivity (Wildman–Crippen MR) is 75.5 cm³/mol. The van der Waals surface area contributed by atoms with Crippen LogP contribution in [0, 0.1) is 0 Å². The van der Waals surface area contributed by atoms with Crippen molar-refractivity contribution in [3.05, 3.63) is 63.5 Å². The second kappa shape index (κ2) is 5.71. The van der Waals surface area contributed by atoms with Gasteiger partial charge < -0.3 is 9.88 Å². The lowest BCUT2D eigenvalue weighted by Crippen LogP contribution is -2.19. The second-order valence-corrected chi connectivity index (χ2v) is 4.65. The van der Waals surface area contributed by atoms with E-state index in [9.17, 15) is 9.59 Å². The zero-order valence-electron chi connectivity index (χ0n) is 10.4. The fourth-order valence-electron chi connectivity index (χ4n) is 1.66. The van der Waals surface area contributed by atoms with E-state index in [-0.39, 0.29) is 17.9 Å². The van der Waals surface area contributed by atoms with Crippen molar-refractivity contribution < 1.29 is 4.79 Å². The van der Waals surface area contributed by atoms with Crippen molar-refractivity contribution in [2.75, 3.05) is 5.32 Å². The van der Waals surface area contributed by atoms with Crippen LogP contribution in [-0.4, -0.2) is 10.5 Å². The molecule has 19 heavy (non-hydrogen) atoms. The number of anilines is 1. The van der Waals surface area contributed by atoms with Gasteiger partial charge >= 0.3 is 0 Å². The first-order valence-electron chi connectivity index (χ1n) is 5.75. The summed E-state index contributed by atoms with van der Waals surface area (Å²) in [4.78, 5) is 23.0. The minimum Gasteiger partial charge on any atom is -0.324 e. The van der Waals surface area contributed by atoms with Crippen LogP contribution in [0.15, 0.2) is 47.4 Å². The van der Waals surface area contributed by atoms with Crippen molar-refractivity contribution in [3.8, 4) is 0 Å². The lowest BCUT2D eigenvalue weighted by molar-refractivity contribution is -0.115. The van der Waals surface area contributed by atoms with Gasteiger partial charge in [-0.3, -0.25) is 9.59 Å². The third kappa shape index (κ3) is 3.69. The van der Waals surface area contributed by atoms with E-state index in [1.165, 1.54) is 10.6 Å². The first kappa shape index (κ1) is 13.4. The van der Waals surface area contributed by atoms with Gasteiger partial charge in [0.1, 0.15) is 0 Å². The maximum atomic E-state index is 11.8. The molecule has 0 aliphatic rings. The summed E-state index contributed by atoms with van der Waals surface area (Å²) in [6, 6.07) is 10.1. The SMILES string of the molecule is Cn1cc(NC(=O)Cc2ccc(Cl)cc2)ccc1=O. The summed E-state index contributed by atoms with van der Waals surface area (Å²) in [6.45, 7) is 0. The Morgan fingerprint density at radius 2 is 1.89 bits per heavy atom. The van der Waals surface area contributed by atoms with Crippen LogP contribution in [0.1, 0.15) is 5.56 Å². The molecular formula is C14H13ClN2O2. The molecule has 0 fully saturated rings. The standard InChI is InChI=1S/C14H13ClN2O2/c1-17-9-12(6-7-14(17)19)16-13(18)8-10-2-4-11(15)5-3-10/h2-7,9H,8H2,1H3,(H,16,18). The highest BCUT2D eigenvalue weighted by Gasteiger charge is 2.04. The monoisotopic (exact) mass is 276 g/mol. The van der Waals surface area contributed by atoms with Crippen LogP contribution >= 0.6 is 11.6 Å². The Balaban J connectivity index is 2.03. The van der Waals surface area contributed by atoms with Crippen LogP contribution in [0.25, 0.3) is 0 Å². The molecule has 0 saturated heterocycles. The Morgan fingerprint density at radius 3 is 2.53 bits per heavy atom. The number of nitrogens with zero attached hydrogens (tertiary/aromatic N) is 1. The molecule has 98 valence electrons. The summed E-state index contributed by atoms with van der Waals surface area (Å²) in [6.07, 6.45) is 1.85. The maximum absolute atomic E-state index is 11.8. The molecule has 1 N–H and O–H groups in total. The van der Waals surface area contributed by atoms with Crippen molar-refractivity contribution in [1.82, 2.24) is 4.57 Å². The van der Waals surface area contributed by atoms with Crippen molar-refractivity contribution >= 4 is 23.2 Å². The average Bonchev–Trinajstić information content (AvgIpc) is 2.37. The Kier molecular flexibility index (Phi) is 4.02. The molecular weight excluding hydrogens is 264 g/mol. The van der Waals surface area contributed by atoms with Crippen LogP contribution in [0.3, 0.4) is 0 Å². The minimum atomic E-state index is -0.138. The summed E-state index contributed by atoms with van der Waals surface area (Å²) in [5.41, 5.74) is 1.36. The van der Waals surface area contributed by atoms with Crippen LogP contribution in [0.2, 0.25) is 5.02 Å². The number of carbonyl (C=O) groups excluding carboxylic acids is 1. The van der Waals surface area contributed by atoms with Crippen molar-refractivity contribution in [2.24, 2.45) is 7.05 Å². The summed E-state index contributed by atoms with van der Waals surface area (Å²) < 4.78 is 1.41. The van der Waals surface area contributed by atoms with E-state index in [0.717, 1.165) is 5.56 Å². The number of halogens is 1. The molecule has 0 bridgehead atoms. The molecule has 5 heteroatoms. The molecule has 1 amide bonds. The van der Waals surface area contributed by atoms with Gasteiger partial charge in [0, 0.05) is 24.3 Å². The van der Waals surface area contributed by atoms with E-state index in [2.05, 4.69) is 5.32 Å². The highest BCUT2D eigenvalue weighted by Crippen LogP contribution is 2.11. The summed E-state index contributed by atoms with van der Waals surface area (Å²) in [5, 5.41) is 3.38. The highest BCUT2D eigenvalue weighted by atomic mass is 35.5. The van der Waals surface area contributed by atoms with Crippen LogP contribution in [0.4, 0.5) is 5.69 Å². The molecule has 0 unspecified atom stereocenters. The van der Waals surface area contributed by atoms with E-state index in [1.54, 1.807) is 31.4 Å². The van der Waals surface area contributed by atoms with E-state index in [1.807, 2.05) is 12.1 Å². The largest absolute Gasteiger partial charge is 0.324 e. The summed E-state index contributed by atoms with van der Waals surface area (Å²) in [7, 11) is 1.64. The number of aromatic nitrogens is 1. The van der Waals surface area contributed by atoms with Gasteiger partial charge in [-0.15, -0.1) is 0 Å². The molecule has 0 saturated carbocycles. The molecule has 0 aliphatic carbocycles. The fraction of sp³-hybridized carbons (Fsp3) is 0.143. The summed E-state index contributed by atoms with van der Waals surface area (Å²) >= 11 is 5.78. The van der Waals surface area contributed by atoms with Gasteiger partial charge in [-0.25, -0.2) is 0 Å². The van der Waals surface area contributed by atoms with Crippen molar-refractivity contribution in [1.29, 1.82) is 0 Å². The lowest BCUT2D eigenvalue weighted by Gasteiger charge is -2.06. The molecule has 0 atom stereocenters. The third-order valence-electron chi connectivity index (χ3n) is 2.65. The first-order chi connectivity index (χ1) is 9.04.